The summed E-state index contributed by atoms with van der Waals surface area (Å²) >= 11 is 0. The van der Waals surface area contributed by atoms with E-state index in [0.717, 1.165) is 11.1 Å². The highest BCUT2D eigenvalue weighted by molar-refractivity contribution is 7.89. The Bertz CT molecular complexity index is 785. The van der Waals surface area contributed by atoms with E-state index in [1.165, 1.54) is 4.31 Å². The number of sulfonamides is 1. The molecule has 3 rings (SSSR count). The first-order valence-electron chi connectivity index (χ1n) is 7.43. The summed E-state index contributed by atoms with van der Waals surface area (Å²) in [5, 5.41) is 0. The van der Waals surface area contributed by atoms with Crippen molar-refractivity contribution in [3.05, 3.63) is 78.4 Å². The molecule has 0 saturated carbocycles. The lowest BCUT2D eigenvalue weighted by atomic mass is 10.1. The first-order valence-corrected chi connectivity index (χ1v) is 8.87. The summed E-state index contributed by atoms with van der Waals surface area (Å²) in [7, 11) is -3.67. The molecule has 0 radical (unpaired) electrons. The van der Waals surface area contributed by atoms with Gasteiger partial charge in [0.15, 0.2) is 6.23 Å². The van der Waals surface area contributed by atoms with Gasteiger partial charge in [0.1, 0.15) is 0 Å². The van der Waals surface area contributed by atoms with Crippen LogP contribution < -0.4 is 0 Å². The second-order valence-corrected chi connectivity index (χ2v) is 7.39. The van der Waals surface area contributed by atoms with E-state index in [1.807, 2.05) is 31.2 Å². The molecule has 0 aliphatic carbocycles. The summed E-state index contributed by atoms with van der Waals surface area (Å²) in [5.74, 6) is 0. The van der Waals surface area contributed by atoms with E-state index >= 15 is 0 Å². The maximum Gasteiger partial charge on any atom is 0.246 e. The van der Waals surface area contributed by atoms with Crippen LogP contribution in [0.2, 0.25) is 0 Å². The topological polar surface area (TPSA) is 46.6 Å². The number of ether oxygens (including phenoxy) is 1. The van der Waals surface area contributed by atoms with Crippen molar-refractivity contribution < 1.29 is 13.2 Å². The molecule has 0 unspecified atom stereocenters. The Morgan fingerprint density at radius 3 is 2.39 bits per heavy atom. The van der Waals surface area contributed by atoms with Crippen LogP contribution in [0.15, 0.2) is 72.1 Å². The normalized spacial score (nSPS) is 22.1. The van der Waals surface area contributed by atoms with Crippen LogP contribution in [0, 0.1) is 6.92 Å². The standard InChI is InChI=1S/C18H19NO3S/c1-3-16-13-22-18(15-11-9-14(2)10-12-15)19(16)23(20,21)17-7-5-4-6-8-17/h3-12,16,18H,1,13H2,2H3/t16-,18-/m0/s1. The fraction of sp³-hybridized carbons (Fsp3) is 0.222. The van der Waals surface area contributed by atoms with Crippen LogP contribution in [0.4, 0.5) is 0 Å². The van der Waals surface area contributed by atoms with Gasteiger partial charge in [-0.1, -0.05) is 54.1 Å². The van der Waals surface area contributed by atoms with Crippen molar-refractivity contribution in [1.82, 2.24) is 4.31 Å². The highest BCUT2D eigenvalue weighted by Crippen LogP contribution is 2.36. The first kappa shape index (κ1) is 15.9. The summed E-state index contributed by atoms with van der Waals surface area (Å²) in [4.78, 5) is 0.259. The molecule has 2 atom stereocenters. The molecule has 2 aromatic carbocycles. The molecule has 1 fully saturated rings. The van der Waals surface area contributed by atoms with Gasteiger partial charge in [-0.15, -0.1) is 6.58 Å². The van der Waals surface area contributed by atoms with Gasteiger partial charge in [-0.2, -0.15) is 4.31 Å². The molecule has 0 bridgehead atoms. The van der Waals surface area contributed by atoms with Crippen molar-refractivity contribution >= 4 is 10.0 Å². The number of rotatable bonds is 4. The van der Waals surface area contributed by atoms with Crippen molar-refractivity contribution in [2.45, 2.75) is 24.1 Å². The minimum absolute atomic E-state index is 0.259. The van der Waals surface area contributed by atoms with Gasteiger partial charge in [-0.05, 0) is 24.6 Å². The van der Waals surface area contributed by atoms with Gasteiger partial charge in [0.2, 0.25) is 10.0 Å². The van der Waals surface area contributed by atoms with Crippen LogP contribution in [-0.4, -0.2) is 25.4 Å². The number of benzene rings is 2. The smallest absolute Gasteiger partial charge is 0.246 e. The lowest BCUT2D eigenvalue weighted by Gasteiger charge is -2.26. The van der Waals surface area contributed by atoms with E-state index in [2.05, 4.69) is 6.58 Å². The lowest BCUT2D eigenvalue weighted by molar-refractivity contribution is 0.0682. The second-order valence-electron chi connectivity index (χ2n) is 5.55. The molecule has 1 saturated heterocycles. The number of hydrogen-bond donors (Lipinski definition) is 0. The first-order chi connectivity index (χ1) is 11.0. The molecule has 1 aliphatic rings. The number of nitrogens with zero attached hydrogens (tertiary/aromatic N) is 1. The SMILES string of the molecule is C=C[C@H]1CO[C@@H](c2ccc(C)cc2)N1S(=O)(=O)c1ccccc1. The summed E-state index contributed by atoms with van der Waals surface area (Å²) in [5.41, 5.74) is 1.93. The van der Waals surface area contributed by atoms with Crippen LogP contribution in [0.5, 0.6) is 0 Å². The maximum atomic E-state index is 13.1. The Kier molecular flexibility index (Phi) is 4.35. The molecule has 23 heavy (non-hydrogen) atoms. The zero-order valence-corrected chi connectivity index (χ0v) is 13.7. The van der Waals surface area contributed by atoms with Crippen molar-refractivity contribution in [3.8, 4) is 0 Å². The van der Waals surface area contributed by atoms with Gasteiger partial charge in [0.25, 0.3) is 0 Å². The van der Waals surface area contributed by atoms with Crippen molar-refractivity contribution in [3.63, 3.8) is 0 Å². The largest absolute Gasteiger partial charge is 0.356 e. The van der Waals surface area contributed by atoms with Crippen LogP contribution in [0.3, 0.4) is 0 Å². The number of hydrogen-bond acceptors (Lipinski definition) is 3. The van der Waals surface area contributed by atoms with Gasteiger partial charge in [0, 0.05) is 0 Å². The molecule has 4 nitrogen and oxygen atoms in total. The predicted octanol–water partition coefficient (Wildman–Crippen LogP) is 3.27. The van der Waals surface area contributed by atoms with E-state index < -0.39 is 16.3 Å². The third-order valence-electron chi connectivity index (χ3n) is 3.94. The lowest BCUT2D eigenvalue weighted by Crippen LogP contribution is -2.37. The van der Waals surface area contributed by atoms with Gasteiger partial charge in [0.05, 0.1) is 17.5 Å². The van der Waals surface area contributed by atoms with Crippen LogP contribution in [-0.2, 0) is 14.8 Å². The third kappa shape index (κ3) is 2.95. The van der Waals surface area contributed by atoms with Gasteiger partial charge in [-0.3, -0.25) is 0 Å². The Labute approximate surface area is 137 Å². The summed E-state index contributed by atoms with van der Waals surface area (Å²) in [6.07, 6.45) is 0.984. The molecule has 0 N–H and O–H groups in total. The quantitative estimate of drug-likeness (QED) is 0.809. The highest BCUT2D eigenvalue weighted by atomic mass is 32.2. The van der Waals surface area contributed by atoms with Crippen molar-refractivity contribution in [1.29, 1.82) is 0 Å². The minimum Gasteiger partial charge on any atom is -0.356 e. The van der Waals surface area contributed by atoms with E-state index in [-0.39, 0.29) is 10.9 Å². The molecular weight excluding hydrogens is 310 g/mol. The molecular formula is C18H19NO3S. The third-order valence-corrected chi connectivity index (χ3v) is 5.82. The fourth-order valence-corrected chi connectivity index (χ4v) is 4.36. The zero-order chi connectivity index (χ0) is 16.4. The summed E-state index contributed by atoms with van der Waals surface area (Å²) in [6, 6.07) is 15.7. The molecule has 1 heterocycles. The minimum atomic E-state index is -3.67. The number of aryl methyl sites for hydroxylation is 1. The predicted molar refractivity (Wildman–Crippen MR) is 89.3 cm³/mol. The van der Waals surface area contributed by atoms with E-state index in [1.54, 1.807) is 36.4 Å². The van der Waals surface area contributed by atoms with Crippen LogP contribution in [0.25, 0.3) is 0 Å². The molecule has 2 aromatic rings. The van der Waals surface area contributed by atoms with E-state index in [9.17, 15) is 8.42 Å². The van der Waals surface area contributed by atoms with E-state index in [0.29, 0.717) is 6.61 Å². The molecule has 0 spiro atoms. The summed E-state index contributed by atoms with van der Waals surface area (Å²) in [6.45, 7) is 6.05. The fourth-order valence-electron chi connectivity index (χ4n) is 2.68. The molecule has 0 amide bonds. The molecule has 5 heteroatoms. The Balaban J connectivity index is 2.05. The van der Waals surface area contributed by atoms with Crippen molar-refractivity contribution in [2.75, 3.05) is 6.61 Å². The monoisotopic (exact) mass is 329 g/mol. The Morgan fingerprint density at radius 1 is 1.13 bits per heavy atom. The Morgan fingerprint density at radius 2 is 1.78 bits per heavy atom. The van der Waals surface area contributed by atoms with Crippen molar-refractivity contribution in [2.24, 2.45) is 0 Å². The van der Waals surface area contributed by atoms with Gasteiger partial charge in [-0.25, -0.2) is 8.42 Å². The average Bonchev–Trinajstić information content (AvgIpc) is 3.01. The van der Waals surface area contributed by atoms with E-state index in [4.69, 9.17) is 4.74 Å². The Hall–Kier alpha value is -1.95. The van der Waals surface area contributed by atoms with Crippen LogP contribution in [0.1, 0.15) is 17.4 Å². The van der Waals surface area contributed by atoms with Crippen LogP contribution >= 0.6 is 0 Å². The van der Waals surface area contributed by atoms with Gasteiger partial charge >= 0.3 is 0 Å². The zero-order valence-electron chi connectivity index (χ0n) is 12.9. The van der Waals surface area contributed by atoms with Gasteiger partial charge < -0.3 is 4.74 Å². The maximum absolute atomic E-state index is 13.1. The molecule has 120 valence electrons. The molecule has 1 aliphatic heterocycles. The second kappa shape index (κ2) is 6.28. The average molecular weight is 329 g/mol. The molecule has 0 aromatic heterocycles. The highest BCUT2D eigenvalue weighted by Gasteiger charge is 2.42. The summed E-state index contributed by atoms with van der Waals surface area (Å²) < 4.78 is 33.3.